The maximum Gasteiger partial charge on any atom is 0.0695 e. The average Bonchev–Trinajstić information content (AvgIpc) is 2.49. The van der Waals surface area contributed by atoms with Gasteiger partial charge in [0.15, 0.2) is 0 Å². The molecule has 2 nitrogen and oxygen atoms in total. The summed E-state index contributed by atoms with van der Waals surface area (Å²) in [6.45, 7) is 14.2. The molecule has 0 spiro atoms. The van der Waals surface area contributed by atoms with E-state index in [-0.39, 0.29) is 6.10 Å². The molecular weight excluding hydrogens is 246 g/mol. The van der Waals surface area contributed by atoms with Crippen LogP contribution in [0, 0.1) is 16.7 Å². The van der Waals surface area contributed by atoms with E-state index in [0.29, 0.717) is 16.9 Å². The van der Waals surface area contributed by atoms with Gasteiger partial charge in [-0.25, -0.2) is 0 Å². The number of hydrogen-bond donors (Lipinski definition) is 1. The van der Waals surface area contributed by atoms with Gasteiger partial charge in [-0.2, -0.15) is 0 Å². The summed E-state index contributed by atoms with van der Waals surface area (Å²) in [5.41, 5.74) is 0.862. The van der Waals surface area contributed by atoms with Gasteiger partial charge < -0.3 is 5.11 Å². The topological polar surface area (TPSA) is 23.5 Å². The molecule has 2 aliphatic rings. The molecule has 118 valence electrons. The van der Waals surface area contributed by atoms with Gasteiger partial charge in [0.1, 0.15) is 0 Å². The average molecular weight is 281 g/mol. The Morgan fingerprint density at radius 1 is 1.05 bits per heavy atom. The Bertz CT molecular complexity index is 318. The quantitative estimate of drug-likeness (QED) is 0.783. The fourth-order valence-corrected chi connectivity index (χ4v) is 4.09. The lowest BCUT2D eigenvalue weighted by atomic mass is 9.70. The fraction of sp³-hybridized carbons (Fsp3) is 1.00. The van der Waals surface area contributed by atoms with Gasteiger partial charge in [-0.05, 0) is 68.4 Å². The molecule has 0 aromatic carbocycles. The lowest BCUT2D eigenvalue weighted by Crippen LogP contribution is -2.49. The van der Waals surface area contributed by atoms with E-state index in [2.05, 4.69) is 39.5 Å². The first-order valence-corrected chi connectivity index (χ1v) is 8.61. The van der Waals surface area contributed by atoms with Crippen molar-refractivity contribution < 1.29 is 5.11 Å². The Balaban J connectivity index is 2.02. The minimum Gasteiger partial charge on any atom is -0.391 e. The van der Waals surface area contributed by atoms with E-state index in [0.717, 1.165) is 12.3 Å². The second-order valence-corrected chi connectivity index (χ2v) is 9.06. The molecule has 2 rings (SSSR count). The van der Waals surface area contributed by atoms with Crippen LogP contribution in [0.25, 0.3) is 0 Å². The molecule has 0 aromatic heterocycles. The summed E-state index contributed by atoms with van der Waals surface area (Å²) in [7, 11) is 0. The minimum absolute atomic E-state index is 0.102. The van der Waals surface area contributed by atoms with E-state index in [4.69, 9.17) is 0 Å². The lowest BCUT2D eigenvalue weighted by molar-refractivity contribution is -0.0166. The van der Waals surface area contributed by atoms with Crippen molar-refractivity contribution in [3.05, 3.63) is 0 Å². The van der Waals surface area contributed by atoms with Crippen LogP contribution in [0.1, 0.15) is 73.1 Å². The zero-order chi connectivity index (χ0) is 15.0. The summed E-state index contributed by atoms with van der Waals surface area (Å²) in [5.74, 6) is 0.757. The summed E-state index contributed by atoms with van der Waals surface area (Å²) < 4.78 is 0. The maximum absolute atomic E-state index is 10.5. The Kier molecular flexibility index (Phi) is 4.86. The van der Waals surface area contributed by atoms with Gasteiger partial charge >= 0.3 is 0 Å². The van der Waals surface area contributed by atoms with Gasteiger partial charge in [0.2, 0.25) is 0 Å². The molecule has 1 aliphatic heterocycles. The van der Waals surface area contributed by atoms with Gasteiger partial charge in [0, 0.05) is 6.04 Å². The molecular formula is C18H35NO. The van der Waals surface area contributed by atoms with Crippen LogP contribution in [0.2, 0.25) is 0 Å². The van der Waals surface area contributed by atoms with Gasteiger partial charge in [-0.15, -0.1) is 0 Å². The maximum atomic E-state index is 10.5. The molecule has 0 aromatic rings. The van der Waals surface area contributed by atoms with E-state index in [1.807, 2.05) is 0 Å². The van der Waals surface area contributed by atoms with E-state index in [9.17, 15) is 5.11 Å². The van der Waals surface area contributed by atoms with E-state index in [1.165, 1.54) is 45.2 Å². The van der Waals surface area contributed by atoms with E-state index >= 15 is 0 Å². The van der Waals surface area contributed by atoms with Crippen LogP contribution in [0.15, 0.2) is 0 Å². The van der Waals surface area contributed by atoms with Crippen molar-refractivity contribution in [1.82, 2.24) is 4.90 Å². The summed E-state index contributed by atoms with van der Waals surface area (Å²) in [6.07, 6.45) is 7.16. The van der Waals surface area contributed by atoms with Crippen LogP contribution < -0.4 is 0 Å². The first kappa shape index (κ1) is 16.3. The van der Waals surface area contributed by atoms with Gasteiger partial charge in [-0.3, -0.25) is 4.90 Å². The molecule has 3 unspecified atom stereocenters. The summed E-state index contributed by atoms with van der Waals surface area (Å²) in [5, 5.41) is 10.5. The number of aliphatic hydroxyl groups excluding tert-OH is 1. The van der Waals surface area contributed by atoms with Crippen molar-refractivity contribution in [3.63, 3.8) is 0 Å². The zero-order valence-electron chi connectivity index (χ0n) is 14.3. The normalized spacial score (nSPS) is 36.6. The standard InChI is InChI=1S/C18H35NO/c1-17(2,3)14-7-8-16(20)15(13-14)19-11-6-9-18(4,5)10-12-19/h14-16,20H,6-13H2,1-5H3. The van der Waals surface area contributed by atoms with Crippen molar-refractivity contribution in [1.29, 1.82) is 0 Å². The molecule has 20 heavy (non-hydrogen) atoms. The highest BCUT2D eigenvalue weighted by atomic mass is 16.3. The molecule has 0 bridgehead atoms. The summed E-state index contributed by atoms with van der Waals surface area (Å²) in [6, 6.07) is 0.405. The third-order valence-corrected chi connectivity index (χ3v) is 5.85. The largest absolute Gasteiger partial charge is 0.391 e. The molecule has 2 heteroatoms. The SMILES string of the molecule is CC1(C)CCCN(C2CC(C(C)(C)C)CCC2O)CC1. The minimum atomic E-state index is -0.102. The monoisotopic (exact) mass is 281 g/mol. The Morgan fingerprint density at radius 3 is 2.40 bits per heavy atom. The Labute approximate surface area is 125 Å². The van der Waals surface area contributed by atoms with Crippen molar-refractivity contribution in [2.45, 2.75) is 85.3 Å². The van der Waals surface area contributed by atoms with Gasteiger partial charge in [0.25, 0.3) is 0 Å². The highest BCUT2D eigenvalue weighted by Gasteiger charge is 2.38. The van der Waals surface area contributed by atoms with Crippen molar-refractivity contribution in [2.75, 3.05) is 13.1 Å². The number of likely N-dealkylation sites (tertiary alicyclic amines) is 1. The van der Waals surface area contributed by atoms with Crippen LogP contribution in [-0.4, -0.2) is 35.2 Å². The smallest absolute Gasteiger partial charge is 0.0695 e. The van der Waals surface area contributed by atoms with Crippen molar-refractivity contribution >= 4 is 0 Å². The van der Waals surface area contributed by atoms with E-state index in [1.54, 1.807) is 0 Å². The Hall–Kier alpha value is -0.0800. The van der Waals surface area contributed by atoms with Crippen LogP contribution in [-0.2, 0) is 0 Å². The molecule has 1 aliphatic carbocycles. The molecule has 0 amide bonds. The molecule has 0 radical (unpaired) electrons. The zero-order valence-corrected chi connectivity index (χ0v) is 14.3. The number of nitrogens with zero attached hydrogens (tertiary/aromatic N) is 1. The van der Waals surface area contributed by atoms with Crippen molar-refractivity contribution in [3.8, 4) is 0 Å². The van der Waals surface area contributed by atoms with Crippen LogP contribution in [0.3, 0.4) is 0 Å². The van der Waals surface area contributed by atoms with Crippen molar-refractivity contribution in [2.24, 2.45) is 16.7 Å². The first-order valence-electron chi connectivity index (χ1n) is 8.61. The van der Waals surface area contributed by atoms with Crippen LogP contribution in [0.4, 0.5) is 0 Å². The second kappa shape index (κ2) is 5.96. The highest BCUT2D eigenvalue weighted by molar-refractivity contribution is 4.92. The molecule has 2 fully saturated rings. The summed E-state index contributed by atoms with van der Waals surface area (Å²) >= 11 is 0. The summed E-state index contributed by atoms with van der Waals surface area (Å²) in [4.78, 5) is 2.61. The van der Waals surface area contributed by atoms with Crippen LogP contribution >= 0.6 is 0 Å². The second-order valence-electron chi connectivity index (χ2n) is 9.06. The predicted octanol–water partition coefficient (Wildman–Crippen LogP) is 4.07. The molecule has 1 heterocycles. The fourth-order valence-electron chi connectivity index (χ4n) is 4.09. The molecule has 1 N–H and O–H groups in total. The number of aliphatic hydroxyl groups is 1. The number of rotatable bonds is 1. The third-order valence-electron chi connectivity index (χ3n) is 5.85. The Morgan fingerprint density at radius 2 is 1.75 bits per heavy atom. The lowest BCUT2D eigenvalue weighted by Gasteiger charge is -2.44. The van der Waals surface area contributed by atoms with E-state index < -0.39 is 0 Å². The van der Waals surface area contributed by atoms with Gasteiger partial charge in [-0.1, -0.05) is 34.6 Å². The molecule has 1 saturated carbocycles. The predicted molar refractivity (Wildman–Crippen MR) is 85.8 cm³/mol. The molecule has 1 saturated heterocycles. The molecule has 3 atom stereocenters. The number of hydrogen-bond acceptors (Lipinski definition) is 2. The highest BCUT2D eigenvalue weighted by Crippen LogP contribution is 2.40. The first-order chi connectivity index (χ1) is 9.19. The van der Waals surface area contributed by atoms with Crippen LogP contribution in [0.5, 0.6) is 0 Å². The third kappa shape index (κ3) is 3.98. The van der Waals surface area contributed by atoms with Gasteiger partial charge in [0.05, 0.1) is 6.10 Å².